The smallest absolute Gasteiger partial charge is 0.266 e. The normalized spacial score (nSPS) is 20.1. The van der Waals surface area contributed by atoms with Crippen LogP contribution in [0.4, 0.5) is 5.69 Å². The molecule has 1 N–H and O–H groups in total. The fourth-order valence-corrected chi connectivity index (χ4v) is 4.24. The van der Waals surface area contributed by atoms with Crippen LogP contribution in [-0.2, 0) is 22.4 Å². The first-order chi connectivity index (χ1) is 13.9. The van der Waals surface area contributed by atoms with E-state index in [1.807, 2.05) is 42.5 Å². The topological polar surface area (TPSA) is 64.3 Å². The summed E-state index contributed by atoms with van der Waals surface area (Å²) in [6.07, 6.45) is 0. The first kappa shape index (κ1) is 19.4. The van der Waals surface area contributed by atoms with Crippen LogP contribution >= 0.6 is 15.9 Å². The molecule has 5 heteroatoms. The number of benzene rings is 3. The number of carbonyl (C=O) groups excluding carboxylic acids is 1. The number of nitriles is 1. The number of para-hydroxylation sites is 1. The summed E-state index contributed by atoms with van der Waals surface area (Å²) in [4.78, 5) is 15.2. The minimum atomic E-state index is -2.00. The van der Waals surface area contributed by atoms with Crippen molar-refractivity contribution < 1.29 is 9.90 Å². The molecule has 2 atom stereocenters. The van der Waals surface area contributed by atoms with E-state index in [2.05, 4.69) is 22.0 Å². The molecule has 29 heavy (non-hydrogen) atoms. The van der Waals surface area contributed by atoms with Gasteiger partial charge in [-0.05, 0) is 36.2 Å². The van der Waals surface area contributed by atoms with Crippen LogP contribution in [0, 0.1) is 11.3 Å². The highest BCUT2D eigenvalue weighted by Gasteiger charge is 2.61. The number of nitrogens with zero attached hydrogens (tertiary/aromatic N) is 2. The van der Waals surface area contributed by atoms with Gasteiger partial charge in [-0.3, -0.25) is 4.79 Å². The van der Waals surface area contributed by atoms with Crippen molar-refractivity contribution >= 4 is 27.5 Å². The molecule has 0 saturated carbocycles. The van der Waals surface area contributed by atoms with E-state index in [-0.39, 0.29) is 0 Å². The molecule has 0 fully saturated rings. The lowest BCUT2D eigenvalue weighted by Gasteiger charge is -2.36. The van der Waals surface area contributed by atoms with E-state index < -0.39 is 16.9 Å². The summed E-state index contributed by atoms with van der Waals surface area (Å²) in [5, 5.41) is 22.0. The highest BCUT2D eigenvalue weighted by atomic mass is 79.9. The van der Waals surface area contributed by atoms with Crippen LogP contribution in [0.5, 0.6) is 0 Å². The van der Waals surface area contributed by atoms with Gasteiger partial charge in [0.15, 0.2) is 5.60 Å². The van der Waals surface area contributed by atoms with E-state index >= 15 is 0 Å². The van der Waals surface area contributed by atoms with Crippen molar-refractivity contribution in [2.45, 2.75) is 24.5 Å². The molecule has 4 nitrogen and oxygen atoms in total. The third-order valence-electron chi connectivity index (χ3n) is 5.69. The molecule has 0 bridgehead atoms. The Morgan fingerprint density at radius 3 is 2.31 bits per heavy atom. The number of anilines is 1. The molecule has 0 saturated heterocycles. The maximum Gasteiger partial charge on any atom is 0.266 e. The molecular formula is C24H19BrN2O2. The summed E-state index contributed by atoms with van der Waals surface area (Å²) in [5.41, 5.74) is -0.860. The molecule has 0 spiro atoms. The number of aliphatic hydroxyl groups is 1. The summed E-state index contributed by atoms with van der Waals surface area (Å²) in [6, 6.07) is 26.2. The quantitative estimate of drug-likeness (QED) is 0.633. The number of halogens is 1. The zero-order valence-electron chi connectivity index (χ0n) is 15.8. The van der Waals surface area contributed by atoms with Gasteiger partial charge in [-0.25, -0.2) is 0 Å². The van der Waals surface area contributed by atoms with Crippen LogP contribution in [0.25, 0.3) is 0 Å². The van der Waals surface area contributed by atoms with Gasteiger partial charge in [0, 0.05) is 10.0 Å². The van der Waals surface area contributed by atoms with Crippen molar-refractivity contribution in [2.24, 2.45) is 0 Å². The molecule has 0 aromatic heterocycles. The van der Waals surface area contributed by atoms with Crippen LogP contribution in [0.1, 0.15) is 23.6 Å². The molecular weight excluding hydrogens is 428 g/mol. The number of hydrogen-bond acceptors (Lipinski definition) is 3. The SMILES string of the molecule is C[C@](C#N)(c1ccc(Br)cc1)[C@]1(O)C(=O)N(Cc2ccccc2)c2ccccc21. The van der Waals surface area contributed by atoms with Crippen LogP contribution in [-0.4, -0.2) is 11.0 Å². The summed E-state index contributed by atoms with van der Waals surface area (Å²) < 4.78 is 0.859. The Hall–Kier alpha value is -2.94. The standard InChI is InChI=1S/C24H19BrN2O2/c1-23(16-26,18-11-13-19(25)14-12-18)24(29)20-9-5-6-10-21(20)27(22(24)28)15-17-7-3-2-4-8-17/h2-14,29H,15H2,1H3/t23-,24+/m0/s1. The van der Waals surface area contributed by atoms with Crippen molar-refractivity contribution in [3.8, 4) is 6.07 Å². The van der Waals surface area contributed by atoms with E-state index in [1.165, 1.54) is 0 Å². The number of amides is 1. The van der Waals surface area contributed by atoms with E-state index in [9.17, 15) is 15.2 Å². The highest BCUT2D eigenvalue weighted by molar-refractivity contribution is 9.10. The van der Waals surface area contributed by atoms with Gasteiger partial charge in [0.1, 0.15) is 5.41 Å². The van der Waals surface area contributed by atoms with Gasteiger partial charge in [-0.2, -0.15) is 5.26 Å². The summed E-state index contributed by atoms with van der Waals surface area (Å²) in [5.74, 6) is -0.491. The maximum absolute atomic E-state index is 13.6. The fraction of sp³-hybridized carbons (Fsp3) is 0.167. The van der Waals surface area contributed by atoms with Crippen molar-refractivity contribution in [3.63, 3.8) is 0 Å². The molecule has 3 aromatic carbocycles. The minimum absolute atomic E-state index is 0.320. The number of carbonyl (C=O) groups is 1. The predicted octanol–water partition coefficient (Wildman–Crippen LogP) is 4.66. The monoisotopic (exact) mass is 446 g/mol. The minimum Gasteiger partial charge on any atom is -0.374 e. The van der Waals surface area contributed by atoms with Crippen LogP contribution in [0.15, 0.2) is 83.3 Å². The molecule has 0 radical (unpaired) electrons. The van der Waals surface area contributed by atoms with Gasteiger partial charge in [0.05, 0.1) is 18.3 Å². The Morgan fingerprint density at radius 2 is 1.66 bits per heavy atom. The van der Waals surface area contributed by atoms with Crippen LogP contribution < -0.4 is 4.90 Å². The second kappa shape index (κ2) is 7.14. The second-order valence-electron chi connectivity index (χ2n) is 7.35. The van der Waals surface area contributed by atoms with Gasteiger partial charge in [0.2, 0.25) is 0 Å². The number of fused-ring (bicyclic) bond motifs is 1. The molecule has 1 aliphatic rings. The van der Waals surface area contributed by atoms with Crippen molar-refractivity contribution in [2.75, 3.05) is 4.90 Å². The predicted molar refractivity (Wildman–Crippen MR) is 115 cm³/mol. The molecule has 1 aliphatic heterocycles. The van der Waals surface area contributed by atoms with E-state index in [0.29, 0.717) is 23.4 Å². The van der Waals surface area contributed by atoms with Gasteiger partial charge in [-0.15, -0.1) is 0 Å². The second-order valence-corrected chi connectivity index (χ2v) is 8.26. The molecule has 144 valence electrons. The Labute approximate surface area is 178 Å². The Kier molecular flexibility index (Phi) is 4.77. The lowest BCUT2D eigenvalue weighted by Crippen LogP contribution is -2.53. The fourth-order valence-electron chi connectivity index (χ4n) is 3.98. The molecule has 1 amide bonds. The molecule has 4 rings (SSSR count). The molecule has 1 heterocycles. The van der Waals surface area contributed by atoms with Crippen LogP contribution in [0.3, 0.4) is 0 Å². The molecule has 3 aromatic rings. The third kappa shape index (κ3) is 2.88. The van der Waals surface area contributed by atoms with Gasteiger partial charge in [-0.1, -0.05) is 76.6 Å². The lowest BCUT2D eigenvalue weighted by molar-refractivity contribution is -0.141. The van der Waals surface area contributed by atoms with E-state index in [0.717, 1.165) is 10.0 Å². The van der Waals surface area contributed by atoms with Crippen LogP contribution in [0.2, 0.25) is 0 Å². The summed E-state index contributed by atoms with van der Waals surface area (Å²) in [7, 11) is 0. The molecule has 0 unspecified atom stereocenters. The first-order valence-electron chi connectivity index (χ1n) is 9.27. The molecule has 0 aliphatic carbocycles. The van der Waals surface area contributed by atoms with Gasteiger partial charge < -0.3 is 10.0 Å². The van der Waals surface area contributed by atoms with E-state index in [1.54, 1.807) is 48.2 Å². The zero-order valence-corrected chi connectivity index (χ0v) is 17.4. The van der Waals surface area contributed by atoms with Gasteiger partial charge >= 0.3 is 0 Å². The van der Waals surface area contributed by atoms with Crippen molar-refractivity contribution in [3.05, 3.63) is 100 Å². The summed E-state index contributed by atoms with van der Waals surface area (Å²) in [6.45, 7) is 1.94. The average Bonchev–Trinajstić information content (AvgIpc) is 2.97. The lowest BCUT2D eigenvalue weighted by atomic mass is 9.67. The Bertz CT molecular complexity index is 1110. The van der Waals surface area contributed by atoms with Gasteiger partial charge in [0.25, 0.3) is 5.91 Å². The van der Waals surface area contributed by atoms with Crippen molar-refractivity contribution in [1.29, 1.82) is 5.26 Å². The Morgan fingerprint density at radius 1 is 1.03 bits per heavy atom. The van der Waals surface area contributed by atoms with E-state index in [4.69, 9.17) is 0 Å². The number of hydrogen-bond donors (Lipinski definition) is 1. The number of rotatable bonds is 4. The zero-order chi connectivity index (χ0) is 20.6. The summed E-state index contributed by atoms with van der Waals surface area (Å²) >= 11 is 3.39. The highest BCUT2D eigenvalue weighted by Crippen LogP contribution is 2.51. The third-order valence-corrected chi connectivity index (χ3v) is 6.22. The Balaban J connectivity index is 1.87. The van der Waals surface area contributed by atoms with Crippen molar-refractivity contribution in [1.82, 2.24) is 0 Å². The largest absolute Gasteiger partial charge is 0.374 e. The average molecular weight is 447 g/mol. The first-order valence-corrected chi connectivity index (χ1v) is 10.1. The maximum atomic E-state index is 13.6.